The molecule has 0 aliphatic heterocycles. The van der Waals surface area contributed by atoms with Crippen molar-refractivity contribution >= 4 is 11.6 Å². The van der Waals surface area contributed by atoms with Crippen LogP contribution in [0.15, 0.2) is 42.5 Å². The molecule has 0 spiro atoms. The third-order valence-electron chi connectivity index (χ3n) is 2.43. The van der Waals surface area contributed by atoms with Crippen LogP contribution < -0.4 is 9.47 Å². The number of ether oxygens (including phenoxy) is 2. The third-order valence-corrected chi connectivity index (χ3v) is 2.71. The fraction of sp³-hybridized carbons (Fsp3) is 0.143. The summed E-state index contributed by atoms with van der Waals surface area (Å²) in [5.41, 5.74) is 0.948. The Balaban J connectivity index is 2.15. The van der Waals surface area contributed by atoms with Crippen molar-refractivity contribution < 1.29 is 13.9 Å². The maximum absolute atomic E-state index is 13.7. The Kier molecular flexibility index (Phi) is 4.05. The fourth-order valence-corrected chi connectivity index (χ4v) is 1.77. The molecule has 0 fully saturated rings. The van der Waals surface area contributed by atoms with Crippen molar-refractivity contribution in [1.29, 1.82) is 0 Å². The molecule has 0 unspecified atom stereocenters. The topological polar surface area (TPSA) is 18.5 Å². The summed E-state index contributed by atoms with van der Waals surface area (Å²) in [6, 6.07) is 12.3. The number of methoxy groups -OCH3 is 1. The number of hydrogen-bond donors (Lipinski definition) is 0. The molecular formula is C14H12ClFO2. The van der Waals surface area contributed by atoms with Gasteiger partial charge in [-0.25, -0.2) is 4.39 Å². The van der Waals surface area contributed by atoms with Crippen molar-refractivity contribution in [3.05, 3.63) is 58.9 Å². The Labute approximate surface area is 110 Å². The van der Waals surface area contributed by atoms with Gasteiger partial charge in [0.2, 0.25) is 0 Å². The molecule has 2 aromatic rings. The average Bonchev–Trinajstić information content (AvgIpc) is 2.38. The molecule has 0 aromatic heterocycles. The van der Waals surface area contributed by atoms with E-state index in [1.54, 1.807) is 0 Å². The molecule has 0 radical (unpaired) electrons. The Bertz CT molecular complexity index is 506. The first-order valence-corrected chi connectivity index (χ1v) is 5.78. The van der Waals surface area contributed by atoms with Gasteiger partial charge < -0.3 is 9.47 Å². The highest BCUT2D eigenvalue weighted by Crippen LogP contribution is 2.32. The molecule has 0 N–H and O–H groups in total. The van der Waals surface area contributed by atoms with E-state index in [1.807, 2.05) is 30.3 Å². The molecule has 94 valence electrons. The standard InChI is InChI=1S/C14H12ClFO2/c1-17-11-7-12(15)14(13(16)8-11)18-9-10-5-3-2-4-6-10/h2-8H,9H2,1H3. The highest BCUT2D eigenvalue weighted by Gasteiger charge is 2.11. The second kappa shape index (κ2) is 5.74. The molecule has 2 nitrogen and oxygen atoms in total. The van der Waals surface area contributed by atoms with E-state index < -0.39 is 5.82 Å². The van der Waals surface area contributed by atoms with E-state index in [1.165, 1.54) is 19.2 Å². The molecule has 0 saturated carbocycles. The van der Waals surface area contributed by atoms with Crippen LogP contribution in [0, 0.1) is 5.82 Å². The summed E-state index contributed by atoms with van der Waals surface area (Å²) in [6.07, 6.45) is 0. The predicted molar refractivity (Wildman–Crippen MR) is 68.7 cm³/mol. The Hall–Kier alpha value is -1.74. The van der Waals surface area contributed by atoms with Gasteiger partial charge in [-0.1, -0.05) is 41.9 Å². The van der Waals surface area contributed by atoms with Gasteiger partial charge in [0.05, 0.1) is 12.1 Å². The van der Waals surface area contributed by atoms with Crippen LogP contribution in [0.5, 0.6) is 11.5 Å². The van der Waals surface area contributed by atoms with Gasteiger partial charge in [-0.2, -0.15) is 0 Å². The summed E-state index contributed by atoms with van der Waals surface area (Å²) in [5.74, 6) is -0.124. The summed E-state index contributed by atoms with van der Waals surface area (Å²) in [5, 5.41) is 0.197. The summed E-state index contributed by atoms with van der Waals surface area (Å²) in [6.45, 7) is 0.268. The maximum atomic E-state index is 13.7. The number of hydrogen-bond acceptors (Lipinski definition) is 2. The zero-order valence-electron chi connectivity index (χ0n) is 9.82. The molecule has 0 aliphatic carbocycles. The van der Waals surface area contributed by atoms with E-state index in [4.69, 9.17) is 21.1 Å². The van der Waals surface area contributed by atoms with Crippen molar-refractivity contribution in [3.63, 3.8) is 0 Å². The monoisotopic (exact) mass is 266 g/mol. The maximum Gasteiger partial charge on any atom is 0.174 e. The first kappa shape index (κ1) is 12.7. The molecule has 0 atom stereocenters. The lowest BCUT2D eigenvalue weighted by Crippen LogP contribution is -1.98. The zero-order valence-corrected chi connectivity index (χ0v) is 10.6. The fourth-order valence-electron chi connectivity index (χ4n) is 1.52. The highest BCUT2D eigenvalue weighted by molar-refractivity contribution is 6.32. The van der Waals surface area contributed by atoms with Crippen molar-refractivity contribution in [2.45, 2.75) is 6.61 Å². The van der Waals surface area contributed by atoms with Gasteiger partial charge in [-0.15, -0.1) is 0 Å². The Morgan fingerprint density at radius 2 is 1.89 bits per heavy atom. The van der Waals surface area contributed by atoms with Gasteiger partial charge >= 0.3 is 0 Å². The zero-order chi connectivity index (χ0) is 13.0. The molecule has 0 aliphatic rings. The molecule has 2 aromatic carbocycles. The van der Waals surface area contributed by atoms with E-state index >= 15 is 0 Å². The van der Waals surface area contributed by atoms with Gasteiger partial charge in [0.1, 0.15) is 12.4 Å². The van der Waals surface area contributed by atoms with E-state index in [0.29, 0.717) is 5.75 Å². The smallest absolute Gasteiger partial charge is 0.174 e. The molecule has 0 amide bonds. The summed E-state index contributed by atoms with van der Waals surface area (Å²) in [4.78, 5) is 0. The minimum absolute atomic E-state index is 0.0429. The number of halogens is 2. The largest absolute Gasteiger partial charge is 0.497 e. The van der Waals surface area contributed by atoms with Crippen LogP contribution in [0.3, 0.4) is 0 Å². The Morgan fingerprint density at radius 3 is 2.50 bits per heavy atom. The van der Waals surface area contributed by atoms with Crippen molar-refractivity contribution in [2.24, 2.45) is 0 Å². The first-order valence-electron chi connectivity index (χ1n) is 5.40. The van der Waals surface area contributed by atoms with Crippen molar-refractivity contribution in [2.75, 3.05) is 7.11 Å². The number of benzene rings is 2. The predicted octanol–water partition coefficient (Wildman–Crippen LogP) is 4.07. The lowest BCUT2D eigenvalue weighted by Gasteiger charge is -2.10. The van der Waals surface area contributed by atoms with Gasteiger partial charge in [-0.3, -0.25) is 0 Å². The summed E-state index contributed by atoms with van der Waals surface area (Å²) < 4.78 is 24.0. The SMILES string of the molecule is COc1cc(F)c(OCc2ccccc2)c(Cl)c1. The minimum Gasteiger partial charge on any atom is -0.497 e. The molecule has 18 heavy (non-hydrogen) atoms. The van der Waals surface area contributed by atoms with Gasteiger partial charge in [-0.05, 0) is 5.56 Å². The molecule has 2 rings (SSSR count). The van der Waals surface area contributed by atoms with Crippen molar-refractivity contribution in [3.8, 4) is 11.5 Å². The van der Waals surface area contributed by atoms with Crippen LogP contribution in [0.1, 0.15) is 5.56 Å². The highest BCUT2D eigenvalue weighted by atomic mass is 35.5. The van der Waals surface area contributed by atoms with Crippen LogP contribution in [-0.2, 0) is 6.61 Å². The third kappa shape index (κ3) is 2.93. The van der Waals surface area contributed by atoms with Gasteiger partial charge in [0.25, 0.3) is 0 Å². The molecule has 0 saturated heterocycles. The normalized spacial score (nSPS) is 10.2. The lowest BCUT2D eigenvalue weighted by molar-refractivity contribution is 0.289. The van der Waals surface area contributed by atoms with Crippen molar-refractivity contribution in [1.82, 2.24) is 0 Å². The minimum atomic E-state index is -0.532. The van der Waals surface area contributed by atoms with Gasteiger partial charge in [0.15, 0.2) is 11.6 Å². The second-order valence-corrected chi connectivity index (χ2v) is 4.10. The van der Waals surface area contributed by atoms with E-state index in [9.17, 15) is 4.39 Å². The average molecular weight is 267 g/mol. The van der Waals surface area contributed by atoms with Crippen LogP contribution in [-0.4, -0.2) is 7.11 Å². The van der Waals surface area contributed by atoms with Crippen LogP contribution in [0.2, 0.25) is 5.02 Å². The quantitative estimate of drug-likeness (QED) is 0.831. The lowest BCUT2D eigenvalue weighted by atomic mass is 10.2. The van der Waals surface area contributed by atoms with Crippen LogP contribution in [0.4, 0.5) is 4.39 Å². The second-order valence-electron chi connectivity index (χ2n) is 3.69. The van der Waals surface area contributed by atoms with Crippen LogP contribution >= 0.6 is 11.6 Å². The van der Waals surface area contributed by atoms with E-state index in [2.05, 4.69) is 0 Å². The van der Waals surface area contributed by atoms with E-state index in [-0.39, 0.29) is 17.4 Å². The molecular weight excluding hydrogens is 255 g/mol. The van der Waals surface area contributed by atoms with Crippen LogP contribution in [0.25, 0.3) is 0 Å². The van der Waals surface area contributed by atoms with E-state index in [0.717, 1.165) is 5.56 Å². The summed E-state index contributed by atoms with van der Waals surface area (Å²) >= 11 is 5.93. The number of rotatable bonds is 4. The van der Waals surface area contributed by atoms with Gasteiger partial charge in [0, 0.05) is 12.1 Å². The molecule has 4 heteroatoms. The molecule has 0 bridgehead atoms. The molecule has 0 heterocycles. The summed E-state index contributed by atoms with van der Waals surface area (Å²) in [7, 11) is 1.45. The first-order chi connectivity index (χ1) is 8.70. The Morgan fingerprint density at radius 1 is 1.17 bits per heavy atom.